The quantitative estimate of drug-likeness (QED) is 0.755. The van der Waals surface area contributed by atoms with Gasteiger partial charge in [-0.05, 0) is 26.2 Å². The van der Waals surface area contributed by atoms with Crippen molar-refractivity contribution in [3.63, 3.8) is 0 Å². The first-order chi connectivity index (χ1) is 7.59. The number of nitrogens with zero attached hydrogens (tertiary/aromatic N) is 1. The maximum atomic E-state index is 12.3. The molecule has 0 bridgehead atoms. The third-order valence-electron chi connectivity index (χ3n) is 3.62. The van der Waals surface area contributed by atoms with E-state index >= 15 is 0 Å². The monoisotopic (exact) mass is 226 g/mol. The van der Waals surface area contributed by atoms with E-state index in [0.717, 1.165) is 38.6 Å². The minimum absolute atomic E-state index is 0.258. The summed E-state index contributed by atoms with van der Waals surface area (Å²) in [5.41, 5.74) is -0.326. The molecule has 0 saturated carbocycles. The van der Waals surface area contributed by atoms with Crippen LogP contribution in [0.4, 0.5) is 0 Å². The minimum Gasteiger partial charge on any atom is -0.326 e. The lowest BCUT2D eigenvalue weighted by molar-refractivity contribution is -0.133. The first kappa shape index (κ1) is 13.5. The molecule has 94 valence electrons. The summed E-state index contributed by atoms with van der Waals surface area (Å²) in [4.78, 5) is 14.4. The second kappa shape index (κ2) is 5.67. The summed E-state index contributed by atoms with van der Waals surface area (Å²) < 4.78 is 0. The third kappa shape index (κ3) is 2.57. The first-order valence-electron chi connectivity index (χ1n) is 6.67. The van der Waals surface area contributed by atoms with Crippen molar-refractivity contribution in [2.45, 2.75) is 71.5 Å². The molecule has 0 aromatic carbocycles. The van der Waals surface area contributed by atoms with Gasteiger partial charge in [0.15, 0.2) is 0 Å². The highest BCUT2D eigenvalue weighted by molar-refractivity contribution is 5.88. The fourth-order valence-electron chi connectivity index (χ4n) is 2.31. The molecule has 0 aromatic rings. The predicted octanol–water partition coefficient (Wildman–Crippen LogP) is 2.51. The van der Waals surface area contributed by atoms with Crippen molar-refractivity contribution in [1.82, 2.24) is 10.2 Å². The van der Waals surface area contributed by atoms with Crippen LogP contribution in [0.25, 0.3) is 0 Å². The summed E-state index contributed by atoms with van der Waals surface area (Å²) in [6.07, 6.45) is 5.56. The predicted molar refractivity (Wildman–Crippen MR) is 67.1 cm³/mol. The largest absolute Gasteiger partial charge is 0.326 e. The molecular weight excluding hydrogens is 200 g/mol. The first-order valence-corrected chi connectivity index (χ1v) is 6.67. The molecule has 1 heterocycles. The molecule has 1 fully saturated rings. The molecule has 1 amide bonds. The molecule has 0 radical (unpaired) electrons. The van der Waals surface area contributed by atoms with Crippen LogP contribution < -0.4 is 5.32 Å². The second-order valence-corrected chi connectivity index (χ2v) is 4.99. The number of carbonyl (C=O) groups excluding carboxylic acids is 1. The van der Waals surface area contributed by atoms with Gasteiger partial charge in [0.2, 0.25) is 5.91 Å². The van der Waals surface area contributed by atoms with Crippen molar-refractivity contribution < 1.29 is 4.79 Å². The van der Waals surface area contributed by atoms with Gasteiger partial charge in [-0.1, -0.05) is 33.6 Å². The number of unbranched alkanes of at least 4 members (excludes halogenated alkanes) is 1. The highest BCUT2D eigenvalue weighted by Crippen LogP contribution is 2.25. The van der Waals surface area contributed by atoms with Crippen molar-refractivity contribution in [3.05, 3.63) is 0 Å². The maximum absolute atomic E-state index is 12.3. The Morgan fingerprint density at radius 3 is 2.50 bits per heavy atom. The van der Waals surface area contributed by atoms with Crippen LogP contribution in [0.1, 0.15) is 59.8 Å². The third-order valence-corrected chi connectivity index (χ3v) is 3.62. The van der Waals surface area contributed by atoms with E-state index in [1.165, 1.54) is 0 Å². The number of carbonyl (C=O) groups is 1. The Hall–Kier alpha value is -0.570. The highest BCUT2D eigenvalue weighted by Gasteiger charge is 2.45. The summed E-state index contributed by atoms with van der Waals surface area (Å²) in [6.45, 7) is 9.36. The molecule has 1 aliphatic rings. The van der Waals surface area contributed by atoms with Gasteiger partial charge in [-0.2, -0.15) is 0 Å². The van der Waals surface area contributed by atoms with Crippen molar-refractivity contribution in [2.24, 2.45) is 0 Å². The Morgan fingerprint density at radius 2 is 2.00 bits per heavy atom. The highest BCUT2D eigenvalue weighted by atomic mass is 16.2. The SMILES string of the molecule is CCCCN1C(=O)C(C)(CC)NC1CCC. The number of hydrogen-bond donors (Lipinski definition) is 1. The van der Waals surface area contributed by atoms with Crippen LogP contribution >= 0.6 is 0 Å². The zero-order valence-corrected chi connectivity index (χ0v) is 11.2. The van der Waals surface area contributed by atoms with Gasteiger partial charge in [0.05, 0.1) is 11.7 Å². The van der Waals surface area contributed by atoms with Crippen LogP contribution in [0.3, 0.4) is 0 Å². The Balaban J connectivity index is 2.72. The van der Waals surface area contributed by atoms with Crippen LogP contribution in [0.15, 0.2) is 0 Å². The maximum Gasteiger partial charge on any atom is 0.243 e. The molecule has 1 N–H and O–H groups in total. The number of nitrogens with one attached hydrogen (secondary N) is 1. The molecule has 16 heavy (non-hydrogen) atoms. The van der Waals surface area contributed by atoms with Crippen LogP contribution in [-0.2, 0) is 4.79 Å². The lowest BCUT2D eigenvalue weighted by atomic mass is 9.99. The fourth-order valence-corrected chi connectivity index (χ4v) is 2.31. The van der Waals surface area contributed by atoms with Crippen molar-refractivity contribution in [2.75, 3.05) is 6.54 Å². The molecule has 0 aliphatic carbocycles. The lowest BCUT2D eigenvalue weighted by Gasteiger charge is -2.23. The summed E-state index contributed by atoms with van der Waals surface area (Å²) in [6, 6.07) is 0. The van der Waals surface area contributed by atoms with E-state index in [1.807, 2.05) is 6.92 Å². The van der Waals surface area contributed by atoms with E-state index in [4.69, 9.17) is 0 Å². The van der Waals surface area contributed by atoms with Gasteiger partial charge in [0.25, 0.3) is 0 Å². The van der Waals surface area contributed by atoms with Gasteiger partial charge in [-0.3, -0.25) is 10.1 Å². The van der Waals surface area contributed by atoms with Crippen molar-refractivity contribution in [3.8, 4) is 0 Å². The topological polar surface area (TPSA) is 32.3 Å². The van der Waals surface area contributed by atoms with Gasteiger partial charge in [-0.25, -0.2) is 0 Å². The Bertz CT molecular complexity index is 242. The summed E-state index contributed by atoms with van der Waals surface area (Å²) >= 11 is 0. The molecule has 0 spiro atoms. The lowest BCUT2D eigenvalue weighted by Crippen LogP contribution is -2.43. The van der Waals surface area contributed by atoms with Gasteiger partial charge in [0.1, 0.15) is 0 Å². The van der Waals surface area contributed by atoms with E-state index in [2.05, 4.69) is 31.0 Å². The average Bonchev–Trinajstić information content (AvgIpc) is 2.51. The fraction of sp³-hybridized carbons (Fsp3) is 0.923. The van der Waals surface area contributed by atoms with E-state index in [1.54, 1.807) is 0 Å². The number of amides is 1. The number of rotatable bonds is 6. The molecule has 1 saturated heterocycles. The van der Waals surface area contributed by atoms with E-state index in [-0.39, 0.29) is 11.7 Å². The Morgan fingerprint density at radius 1 is 1.31 bits per heavy atom. The van der Waals surface area contributed by atoms with Crippen LogP contribution in [0.5, 0.6) is 0 Å². The van der Waals surface area contributed by atoms with Gasteiger partial charge < -0.3 is 4.90 Å². The van der Waals surface area contributed by atoms with Crippen molar-refractivity contribution >= 4 is 5.91 Å². The van der Waals surface area contributed by atoms with E-state index in [9.17, 15) is 4.79 Å². The Labute approximate surface area is 99.6 Å². The summed E-state index contributed by atoms with van der Waals surface area (Å²) in [5.74, 6) is 0.293. The molecule has 1 rings (SSSR count). The van der Waals surface area contributed by atoms with E-state index in [0.29, 0.717) is 5.91 Å². The second-order valence-electron chi connectivity index (χ2n) is 4.99. The van der Waals surface area contributed by atoms with Gasteiger partial charge >= 0.3 is 0 Å². The van der Waals surface area contributed by atoms with Crippen LogP contribution in [0.2, 0.25) is 0 Å². The molecule has 1 aliphatic heterocycles. The molecule has 3 nitrogen and oxygen atoms in total. The summed E-state index contributed by atoms with van der Waals surface area (Å²) in [5, 5.41) is 3.50. The van der Waals surface area contributed by atoms with Gasteiger partial charge in [0, 0.05) is 6.54 Å². The minimum atomic E-state index is -0.326. The normalized spacial score (nSPS) is 30.1. The smallest absolute Gasteiger partial charge is 0.243 e. The van der Waals surface area contributed by atoms with Crippen molar-refractivity contribution in [1.29, 1.82) is 0 Å². The molecule has 2 unspecified atom stereocenters. The van der Waals surface area contributed by atoms with Crippen LogP contribution in [-0.4, -0.2) is 29.1 Å². The molecular formula is C13H26N2O. The Kier molecular flexibility index (Phi) is 4.78. The molecule has 3 heteroatoms. The van der Waals surface area contributed by atoms with Gasteiger partial charge in [-0.15, -0.1) is 0 Å². The summed E-state index contributed by atoms with van der Waals surface area (Å²) in [7, 11) is 0. The standard InChI is InChI=1S/C13H26N2O/c1-5-8-10-15-11(9-6-2)14-13(4,7-3)12(15)16/h11,14H,5-10H2,1-4H3. The molecule has 2 atom stereocenters. The average molecular weight is 226 g/mol. The van der Waals surface area contributed by atoms with E-state index < -0.39 is 0 Å². The number of hydrogen-bond acceptors (Lipinski definition) is 2. The zero-order valence-electron chi connectivity index (χ0n) is 11.2. The van der Waals surface area contributed by atoms with Crippen LogP contribution in [0, 0.1) is 0 Å². The molecule has 0 aromatic heterocycles. The zero-order chi connectivity index (χ0) is 12.2.